The third kappa shape index (κ3) is 3.99. The van der Waals surface area contributed by atoms with Gasteiger partial charge in [0.1, 0.15) is 53.2 Å². The van der Waals surface area contributed by atoms with E-state index >= 15 is 0 Å². The molecule has 10 heteroatoms. The van der Waals surface area contributed by atoms with Gasteiger partial charge < -0.3 is 50.0 Å². The van der Waals surface area contributed by atoms with E-state index in [1.165, 1.54) is 24.3 Å². The number of benzene rings is 2. The highest BCUT2D eigenvalue weighted by Crippen LogP contribution is 2.44. The summed E-state index contributed by atoms with van der Waals surface area (Å²) >= 11 is 0. The SMILES string of the molecule is OC[C@H]1O[C@H](OC2=Cc3c(O)cc(O)cc3OC2c2ccc(O)cc2)[C@H](O)[C@@H](O)[C@H]1O. The predicted molar refractivity (Wildman–Crippen MR) is 104 cm³/mol. The molecule has 2 aliphatic heterocycles. The first-order valence-corrected chi connectivity index (χ1v) is 9.49. The van der Waals surface area contributed by atoms with Crippen molar-refractivity contribution in [2.24, 2.45) is 0 Å². The summed E-state index contributed by atoms with van der Waals surface area (Å²) in [7, 11) is 0. The second kappa shape index (κ2) is 8.25. The van der Waals surface area contributed by atoms with Gasteiger partial charge in [0.15, 0.2) is 6.10 Å². The smallest absolute Gasteiger partial charge is 0.228 e. The van der Waals surface area contributed by atoms with Gasteiger partial charge in [-0.3, -0.25) is 0 Å². The topological polar surface area (TPSA) is 169 Å². The van der Waals surface area contributed by atoms with Gasteiger partial charge in [-0.05, 0) is 18.2 Å². The standard InChI is InChI=1S/C21H22O10/c22-8-16-17(26)18(27)19(28)21(31-16)30-15-7-12-13(25)5-11(24)6-14(12)29-20(15)9-1-3-10(23)4-2-9/h1-7,16-28H,8H2/t16-,17+,18+,19-,20?,21+/m1/s1. The molecule has 4 rings (SSSR count). The van der Waals surface area contributed by atoms with E-state index in [0.29, 0.717) is 5.56 Å². The van der Waals surface area contributed by atoms with E-state index in [9.17, 15) is 35.7 Å². The average Bonchev–Trinajstić information content (AvgIpc) is 2.74. The van der Waals surface area contributed by atoms with Crippen LogP contribution in [0, 0.1) is 0 Å². The zero-order valence-electron chi connectivity index (χ0n) is 16.1. The lowest BCUT2D eigenvalue weighted by Gasteiger charge is -2.41. The zero-order chi connectivity index (χ0) is 22.3. The molecule has 0 spiro atoms. The van der Waals surface area contributed by atoms with E-state index in [-0.39, 0.29) is 34.3 Å². The van der Waals surface area contributed by atoms with Crippen molar-refractivity contribution < 1.29 is 50.0 Å². The molecule has 1 fully saturated rings. The molecule has 0 saturated carbocycles. The normalized spacial score (nSPS) is 30.1. The molecule has 2 heterocycles. The number of hydrogen-bond acceptors (Lipinski definition) is 10. The van der Waals surface area contributed by atoms with Crippen LogP contribution in [0.1, 0.15) is 17.2 Å². The van der Waals surface area contributed by atoms with Crippen LogP contribution in [0.3, 0.4) is 0 Å². The number of aliphatic hydroxyl groups excluding tert-OH is 4. The van der Waals surface area contributed by atoms with Gasteiger partial charge in [-0.15, -0.1) is 0 Å². The van der Waals surface area contributed by atoms with Gasteiger partial charge in [-0.2, -0.15) is 0 Å². The van der Waals surface area contributed by atoms with Crippen molar-refractivity contribution in [2.75, 3.05) is 6.61 Å². The maximum Gasteiger partial charge on any atom is 0.228 e. The summed E-state index contributed by atoms with van der Waals surface area (Å²) in [6, 6.07) is 8.42. The molecular weight excluding hydrogens is 412 g/mol. The highest BCUT2D eigenvalue weighted by molar-refractivity contribution is 5.69. The minimum atomic E-state index is -1.64. The number of hydrogen-bond donors (Lipinski definition) is 7. The maximum absolute atomic E-state index is 10.3. The molecule has 166 valence electrons. The summed E-state index contributed by atoms with van der Waals surface area (Å²) in [5.41, 5.74) is 0.731. The molecule has 10 nitrogen and oxygen atoms in total. The molecule has 7 N–H and O–H groups in total. The monoisotopic (exact) mass is 434 g/mol. The molecule has 0 bridgehead atoms. The number of phenolic OH excluding ortho intramolecular Hbond substituents is 3. The lowest BCUT2D eigenvalue weighted by molar-refractivity contribution is -0.293. The highest BCUT2D eigenvalue weighted by atomic mass is 16.7. The van der Waals surface area contributed by atoms with Crippen LogP contribution in [0.4, 0.5) is 0 Å². The van der Waals surface area contributed by atoms with Crippen LogP contribution in [0.25, 0.3) is 6.08 Å². The number of aliphatic hydroxyl groups is 4. The number of aromatic hydroxyl groups is 3. The molecule has 2 aromatic carbocycles. The van der Waals surface area contributed by atoms with Gasteiger partial charge in [-0.1, -0.05) is 12.1 Å². The lowest BCUT2D eigenvalue weighted by Crippen LogP contribution is -2.59. The Kier molecular flexibility index (Phi) is 5.65. The number of phenols is 3. The first-order chi connectivity index (χ1) is 14.8. The number of fused-ring (bicyclic) bond motifs is 1. The van der Waals surface area contributed by atoms with E-state index in [4.69, 9.17) is 14.2 Å². The Bertz CT molecular complexity index is 971. The lowest BCUT2D eigenvalue weighted by atomic mass is 9.98. The molecule has 0 radical (unpaired) electrons. The molecule has 31 heavy (non-hydrogen) atoms. The summed E-state index contributed by atoms with van der Waals surface area (Å²) in [5.74, 6) is -0.239. The quantitative estimate of drug-likeness (QED) is 0.350. The van der Waals surface area contributed by atoms with Gasteiger partial charge in [-0.25, -0.2) is 0 Å². The summed E-state index contributed by atoms with van der Waals surface area (Å²) < 4.78 is 17.1. The Morgan fingerprint density at radius 2 is 1.58 bits per heavy atom. The summed E-state index contributed by atoms with van der Waals surface area (Å²) in [6.45, 7) is -0.620. The van der Waals surface area contributed by atoms with Crippen LogP contribution >= 0.6 is 0 Å². The Labute approximate surface area is 176 Å². The van der Waals surface area contributed by atoms with E-state index in [1.54, 1.807) is 12.1 Å². The molecule has 6 atom stereocenters. The molecular formula is C21H22O10. The van der Waals surface area contributed by atoms with Gasteiger partial charge in [0, 0.05) is 17.7 Å². The summed E-state index contributed by atoms with van der Waals surface area (Å²) in [6.07, 6.45) is -6.96. The van der Waals surface area contributed by atoms with Crippen molar-refractivity contribution in [3.63, 3.8) is 0 Å². The minimum Gasteiger partial charge on any atom is -0.508 e. The van der Waals surface area contributed by atoms with Crippen molar-refractivity contribution in [1.29, 1.82) is 0 Å². The second-order valence-corrected chi connectivity index (χ2v) is 7.33. The van der Waals surface area contributed by atoms with Crippen LogP contribution in [-0.4, -0.2) is 73.1 Å². The fraction of sp³-hybridized carbons (Fsp3) is 0.333. The molecule has 0 amide bonds. The van der Waals surface area contributed by atoms with E-state index in [2.05, 4.69) is 0 Å². The van der Waals surface area contributed by atoms with Crippen molar-refractivity contribution >= 4 is 6.08 Å². The maximum atomic E-state index is 10.3. The average molecular weight is 434 g/mol. The zero-order valence-corrected chi connectivity index (χ0v) is 16.1. The largest absolute Gasteiger partial charge is 0.508 e. The molecule has 1 unspecified atom stereocenters. The highest BCUT2D eigenvalue weighted by Gasteiger charge is 2.45. The second-order valence-electron chi connectivity index (χ2n) is 7.33. The van der Waals surface area contributed by atoms with Gasteiger partial charge in [0.2, 0.25) is 6.29 Å². The minimum absolute atomic E-state index is 0.0237. The van der Waals surface area contributed by atoms with E-state index in [0.717, 1.165) is 6.07 Å². The van der Waals surface area contributed by atoms with Crippen molar-refractivity contribution in [1.82, 2.24) is 0 Å². The van der Waals surface area contributed by atoms with Crippen LogP contribution in [0.15, 0.2) is 42.2 Å². The molecule has 2 aliphatic rings. The Morgan fingerprint density at radius 3 is 2.26 bits per heavy atom. The van der Waals surface area contributed by atoms with E-state index < -0.39 is 43.4 Å². The van der Waals surface area contributed by atoms with Crippen molar-refractivity contribution in [3.8, 4) is 23.0 Å². The third-order valence-electron chi connectivity index (χ3n) is 5.19. The fourth-order valence-electron chi connectivity index (χ4n) is 3.52. The fourth-order valence-corrected chi connectivity index (χ4v) is 3.52. The van der Waals surface area contributed by atoms with Crippen LogP contribution in [0.2, 0.25) is 0 Å². The van der Waals surface area contributed by atoms with Crippen LogP contribution < -0.4 is 4.74 Å². The van der Waals surface area contributed by atoms with Crippen LogP contribution in [0.5, 0.6) is 23.0 Å². The first kappa shape index (κ1) is 21.2. The summed E-state index contributed by atoms with van der Waals surface area (Å²) in [4.78, 5) is 0. The molecule has 0 aromatic heterocycles. The first-order valence-electron chi connectivity index (χ1n) is 9.49. The Morgan fingerprint density at radius 1 is 0.871 bits per heavy atom. The molecule has 2 aromatic rings. The van der Waals surface area contributed by atoms with Crippen molar-refractivity contribution in [2.45, 2.75) is 36.8 Å². The Balaban J connectivity index is 1.72. The van der Waals surface area contributed by atoms with Gasteiger partial charge in [0.05, 0.1) is 12.2 Å². The predicted octanol–water partition coefficient (Wildman–Crippen LogP) is 0.0945. The van der Waals surface area contributed by atoms with Crippen molar-refractivity contribution in [3.05, 3.63) is 53.3 Å². The van der Waals surface area contributed by atoms with Gasteiger partial charge >= 0.3 is 0 Å². The number of rotatable bonds is 4. The molecule has 1 saturated heterocycles. The van der Waals surface area contributed by atoms with Gasteiger partial charge in [0.25, 0.3) is 0 Å². The molecule has 0 aliphatic carbocycles. The van der Waals surface area contributed by atoms with Crippen LogP contribution in [-0.2, 0) is 9.47 Å². The van der Waals surface area contributed by atoms with E-state index in [1.807, 2.05) is 0 Å². The number of ether oxygens (including phenoxy) is 3. The third-order valence-corrected chi connectivity index (χ3v) is 5.19. The summed E-state index contributed by atoms with van der Waals surface area (Å²) in [5, 5.41) is 69.2. The Hall–Kier alpha value is -3.02.